The normalized spacial score (nSPS) is 20.1. The number of benzene rings is 1. The SMILES string of the molecule is COC(=O)c1sc(NC(=O)CN2C(=O)c3ccccc3N3C(=O)CCC23C)nc1C. The number of rotatable bonds is 4. The van der Waals surface area contributed by atoms with Crippen LogP contribution >= 0.6 is 11.3 Å². The van der Waals surface area contributed by atoms with Gasteiger partial charge in [0.25, 0.3) is 5.91 Å². The van der Waals surface area contributed by atoms with Gasteiger partial charge in [0.1, 0.15) is 17.1 Å². The van der Waals surface area contributed by atoms with Crippen molar-refractivity contribution in [2.45, 2.75) is 32.4 Å². The highest BCUT2D eigenvalue weighted by molar-refractivity contribution is 7.17. The van der Waals surface area contributed by atoms with Crippen LogP contribution in [0.4, 0.5) is 10.8 Å². The first kappa shape index (κ1) is 20.0. The maximum atomic E-state index is 13.2. The Morgan fingerprint density at radius 3 is 2.77 bits per heavy atom. The van der Waals surface area contributed by atoms with E-state index in [1.165, 1.54) is 12.0 Å². The number of nitrogens with one attached hydrogen (secondary N) is 1. The number of hydrogen-bond acceptors (Lipinski definition) is 7. The van der Waals surface area contributed by atoms with E-state index in [-0.39, 0.29) is 23.5 Å². The van der Waals surface area contributed by atoms with Gasteiger partial charge < -0.3 is 15.0 Å². The molecule has 1 unspecified atom stereocenters. The molecule has 2 aliphatic heterocycles. The minimum Gasteiger partial charge on any atom is -0.465 e. The molecule has 1 atom stereocenters. The molecule has 2 aliphatic rings. The molecule has 2 aromatic rings. The lowest BCUT2D eigenvalue weighted by atomic mass is 9.98. The second kappa shape index (κ2) is 7.21. The highest BCUT2D eigenvalue weighted by atomic mass is 32.1. The molecule has 9 nitrogen and oxygen atoms in total. The Bertz CT molecular complexity index is 1080. The summed E-state index contributed by atoms with van der Waals surface area (Å²) in [5, 5.41) is 2.89. The Morgan fingerprint density at radius 2 is 2.03 bits per heavy atom. The predicted octanol–water partition coefficient (Wildman–Crippen LogP) is 2.18. The zero-order valence-corrected chi connectivity index (χ0v) is 17.5. The van der Waals surface area contributed by atoms with Gasteiger partial charge in [-0.05, 0) is 32.4 Å². The number of thiazole rings is 1. The summed E-state index contributed by atoms with van der Waals surface area (Å²) >= 11 is 1.01. The number of ether oxygens (including phenoxy) is 1. The van der Waals surface area contributed by atoms with Crippen molar-refractivity contribution in [3.05, 3.63) is 40.4 Å². The molecule has 1 N–H and O–H groups in total. The number of nitrogens with zero attached hydrogens (tertiary/aromatic N) is 3. The Balaban J connectivity index is 1.60. The van der Waals surface area contributed by atoms with Gasteiger partial charge in [-0.25, -0.2) is 9.78 Å². The molecule has 156 valence electrons. The van der Waals surface area contributed by atoms with Crippen LogP contribution in [0.5, 0.6) is 0 Å². The van der Waals surface area contributed by atoms with E-state index in [4.69, 9.17) is 4.74 Å². The topological polar surface area (TPSA) is 109 Å². The van der Waals surface area contributed by atoms with Crippen LogP contribution in [0.3, 0.4) is 0 Å². The van der Waals surface area contributed by atoms with E-state index >= 15 is 0 Å². The van der Waals surface area contributed by atoms with E-state index in [2.05, 4.69) is 10.3 Å². The third-order valence-corrected chi connectivity index (χ3v) is 6.51. The summed E-state index contributed by atoms with van der Waals surface area (Å²) in [4.78, 5) is 57.8. The van der Waals surface area contributed by atoms with Crippen LogP contribution in [0.15, 0.2) is 24.3 Å². The largest absolute Gasteiger partial charge is 0.465 e. The fourth-order valence-corrected chi connectivity index (χ4v) is 4.88. The Labute approximate surface area is 176 Å². The summed E-state index contributed by atoms with van der Waals surface area (Å²) in [7, 11) is 1.27. The molecular weight excluding hydrogens is 408 g/mol. The molecule has 0 saturated carbocycles. The number of hydrogen-bond donors (Lipinski definition) is 1. The number of carbonyl (C=O) groups is 4. The summed E-state index contributed by atoms with van der Waals surface area (Å²) in [5.41, 5.74) is 0.485. The second-order valence-corrected chi connectivity index (χ2v) is 8.33. The molecule has 0 aliphatic carbocycles. The van der Waals surface area contributed by atoms with E-state index in [0.29, 0.717) is 34.7 Å². The molecule has 4 rings (SSSR count). The summed E-state index contributed by atoms with van der Waals surface area (Å²) < 4.78 is 4.70. The first-order chi connectivity index (χ1) is 14.3. The molecule has 0 spiro atoms. The maximum Gasteiger partial charge on any atom is 0.350 e. The predicted molar refractivity (Wildman–Crippen MR) is 109 cm³/mol. The first-order valence-electron chi connectivity index (χ1n) is 9.36. The molecule has 1 saturated heterocycles. The minimum absolute atomic E-state index is 0.0823. The second-order valence-electron chi connectivity index (χ2n) is 7.33. The van der Waals surface area contributed by atoms with Gasteiger partial charge in [-0.3, -0.25) is 19.3 Å². The van der Waals surface area contributed by atoms with E-state index in [9.17, 15) is 19.2 Å². The van der Waals surface area contributed by atoms with E-state index < -0.39 is 17.5 Å². The van der Waals surface area contributed by atoms with Gasteiger partial charge in [-0.2, -0.15) is 0 Å². The van der Waals surface area contributed by atoms with Gasteiger partial charge >= 0.3 is 5.97 Å². The first-order valence-corrected chi connectivity index (χ1v) is 10.2. The molecule has 0 radical (unpaired) electrons. The summed E-state index contributed by atoms with van der Waals surface area (Å²) in [6.07, 6.45) is 0.729. The highest BCUT2D eigenvalue weighted by Crippen LogP contribution is 2.43. The van der Waals surface area contributed by atoms with Crippen LogP contribution in [0.2, 0.25) is 0 Å². The fraction of sp³-hybridized carbons (Fsp3) is 0.350. The average Bonchev–Trinajstić information content (AvgIpc) is 3.24. The van der Waals surface area contributed by atoms with Gasteiger partial charge in [0.05, 0.1) is 24.1 Å². The molecule has 3 amide bonds. The molecule has 1 aromatic heterocycles. The van der Waals surface area contributed by atoms with Gasteiger partial charge in [0.15, 0.2) is 5.13 Å². The molecule has 0 bridgehead atoms. The number of amides is 3. The number of esters is 1. The van der Waals surface area contributed by atoms with Crippen LogP contribution in [0.1, 0.15) is 45.5 Å². The number of aromatic nitrogens is 1. The Kier molecular flexibility index (Phi) is 4.81. The van der Waals surface area contributed by atoms with Gasteiger partial charge in [-0.1, -0.05) is 23.5 Å². The van der Waals surface area contributed by atoms with Gasteiger partial charge in [0.2, 0.25) is 11.8 Å². The highest BCUT2D eigenvalue weighted by Gasteiger charge is 2.53. The Hall–Kier alpha value is -3.27. The quantitative estimate of drug-likeness (QED) is 0.748. The maximum absolute atomic E-state index is 13.2. The van der Waals surface area contributed by atoms with Crippen molar-refractivity contribution >= 4 is 45.8 Å². The lowest BCUT2D eigenvalue weighted by molar-refractivity contribution is -0.120. The number of aryl methyl sites for hydroxylation is 1. The molecular formula is C20H20N4O5S. The van der Waals surface area contributed by atoms with Crippen LogP contribution in [-0.4, -0.2) is 52.9 Å². The molecule has 30 heavy (non-hydrogen) atoms. The number of fused-ring (bicyclic) bond motifs is 3. The third kappa shape index (κ3) is 3.04. The van der Waals surface area contributed by atoms with Crippen molar-refractivity contribution in [1.29, 1.82) is 0 Å². The van der Waals surface area contributed by atoms with Gasteiger partial charge in [0, 0.05) is 6.42 Å². The molecule has 1 aromatic carbocycles. The van der Waals surface area contributed by atoms with Crippen molar-refractivity contribution in [1.82, 2.24) is 9.88 Å². The van der Waals surface area contributed by atoms with Crippen molar-refractivity contribution in [2.75, 3.05) is 23.9 Å². The molecule has 10 heteroatoms. The van der Waals surface area contributed by atoms with Crippen molar-refractivity contribution in [2.24, 2.45) is 0 Å². The third-order valence-electron chi connectivity index (χ3n) is 5.46. The monoisotopic (exact) mass is 428 g/mol. The van der Waals surface area contributed by atoms with Gasteiger partial charge in [-0.15, -0.1) is 0 Å². The number of para-hydroxylation sites is 1. The molecule has 1 fully saturated rings. The average molecular weight is 428 g/mol. The standard InChI is InChI=1S/C20H20N4O5S/c1-11-16(18(28)29-3)30-19(21-11)22-14(25)10-23-17(27)12-6-4-5-7-13(12)24-15(26)8-9-20(23,24)2/h4-7H,8-10H2,1-3H3,(H,21,22,25). The summed E-state index contributed by atoms with van der Waals surface area (Å²) in [6, 6.07) is 6.91. The van der Waals surface area contributed by atoms with Crippen LogP contribution in [-0.2, 0) is 14.3 Å². The number of carbonyl (C=O) groups excluding carboxylic acids is 4. The fourth-order valence-electron chi connectivity index (χ4n) is 3.98. The van der Waals surface area contributed by atoms with E-state index in [0.717, 1.165) is 11.3 Å². The van der Waals surface area contributed by atoms with Crippen LogP contribution < -0.4 is 10.2 Å². The number of methoxy groups -OCH3 is 1. The summed E-state index contributed by atoms with van der Waals surface area (Å²) in [5.74, 6) is -1.38. The van der Waals surface area contributed by atoms with Crippen LogP contribution in [0.25, 0.3) is 0 Å². The van der Waals surface area contributed by atoms with E-state index in [1.807, 2.05) is 0 Å². The lowest BCUT2D eigenvalue weighted by Gasteiger charge is -2.48. The van der Waals surface area contributed by atoms with Crippen molar-refractivity contribution < 1.29 is 23.9 Å². The van der Waals surface area contributed by atoms with Crippen molar-refractivity contribution in [3.63, 3.8) is 0 Å². The lowest BCUT2D eigenvalue weighted by Crippen LogP contribution is -2.63. The zero-order chi connectivity index (χ0) is 21.6. The smallest absolute Gasteiger partial charge is 0.350 e. The zero-order valence-electron chi connectivity index (χ0n) is 16.7. The summed E-state index contributed by atoms with van der Waals surface area (Å²) in [6.45, 7) is 3.19. The Morgan fingerprint density at radius 1 is 1.30 bits per heavy atom. The number of anilines is 2. The van der Waals surface area contributed by atoms with Crippen molar-refractivity contribution in [3.8, 4) is 0 Å². The molecule has 3 heterocycles. The van der Waals surface area contributed by atoms with E-state index in [1.54, 1.807) is 43.0 Å². The minimum atomic E-state index is -0.921. The van der Waals surface area contributed by atoms with Crippen LogP contribution in [0, 0.1) is 6.92 Å².